The molecule has 2 nitrogen and oxygen atoms in total. The molecule has 0 N–H and O–H groups in total. The molecule has 17 heavy (non-hydrogen) atoms. The summed E-state index contributed by atoms with van der Waals surface area (Å²) in [5, 5.41) is 0. The number of hydrogen-bond acceptors (Lipinski definition) is 2. The number of rotatable bonds is 0. The van der Waals surface area contributed by atoms with Crippen LogP contribution in [0.2, 0.25) is 0 Å². The van der Waals surface area contributed by atoms with E-state index in [0.29, 0.717) is 5.41 Å². The van der Waals surface area contributed by atoms with E-state index >= 15 is 0 Å². The van der Waals surface area contributed by atoms with Crippen LogP contribution in [0.1, 0.15) is 59.8 Å². The fraction of sp³-hybridized carbons (Fsp3) is 1.00. The Kier molecular flexibility index (Phi) is 2.45. The summed E-state index contributed by atoms with van der Waals surface area (Å²) in [7, 11) is 0. The van der Waals surface area contributed by atoms with Crippen molar-refractivity contribution in [3.63, 3.8) is 0 Å². The van der Waals surface area contributed by atoms with E-state index in [1.165, 1.54) is 25.7 Å². The van der Waals surface area contributed by atoms with Gasteiger partial charge in [0.25, 0.3) is 0 Å². The molecule has 2 bridgehead atoms. The topological polar surface area (TPSA) is 18.5 Å². The Morgan fingerprint density at radius 3 is 2.59 bits per heavy atom. The molecule has 4 atom stereocenters. The van der Waals surface area contributed by atoms with Gasteiger partial charge in [-0.2, -0.15) is 0 Å². The predicted octanol–water partition coefficient (Wildman–Crippen LogP) is 3.74. The molecule has 0 aromatic heterocycles. The van der Waals surface area contributed by atoms with Crippen molar-refractivity contribution in [1.82, 2.24) is 0 Å². The molecule has 1 spiro atoms. The van der Waals surface area contributed by atoms with Crippen LogP contribution < -0.4 is 0 Å². The van der Waals surface area contributed by atoms with Gasteiger partial charge in [-0.3, -0.25) is 0 Å². The molecule has 3 rings (SSSR count). The van der Waals surface area contributed by atoms with Crippen molar-refractivity contribution >= 4 is 0 Å². The van der Waals surface area contributed by atoms with Gasteiger partial charge in [0.05, 0.1) is 12.2 Å². The first kappa shape index (κ1) is 12.0. The van der Waals surface area contributed by atoms with E-state index in [-0.39, 0.29) is 11.4 Å². The molecule has 3 aliphatic rings. The molecular formula is C15H26O2. The van der Waals surface area contributed by atoms with Crippen molar-refractivity contribution in [2.75, 3.05) is 6.61 Å². The average Bonchev–Trinajstić information content (AvgIpc) is 2.49. The summed E-state index contributed by atoms with van der Waals surface area (Å²) in [6.45, 7) is 10.1. The Bertz CT molecular complexity index is 319. The number of ether oxygens (including phenoxy) is 2. The molecule has 1 aliphatic carbocycles. The van der Waals surface area contributed by atoms with E-state index < -0.39 is 0 Å². The lowest BCUT2D eigenvalue weighted by molar-refractivity contribution is -0.228. The molecule has 0 radical (unpaired) electrons. The molecule has 0 amide bonds. The average molecular weight is 238 g/mol. The second-order valence-electron chi connectivity index (χ2n) is 7.66. The zero-order valence-corrected chi connectivity index (χ0v) is 11.7. The summed E-state index contributed by atoms with van der Waals surface area (Å²) in [4.78, 5) is 0. The van der Waals surface area contributed by atoms with Gasteiger partial charge in [0, 0.05) is 6.42 Å². The molecule has 2 aliphatic heterocycles. The van der Waals surface area contributed by atoms with Gasteiger partial charge in [0.2, 0.25) is 0 Å². The Morgan fingerprint density at radius 1 is 1.12 bits per heavy atom. The normalized spacial score (nSPS) is 50.1. The third kappa shape index (κ3) is 1.84. The monoisotopic (exact) mass is 238 g/mol. The first-order valence-corrected chi connectivity index (χ1v) is 7.17. The van der Waals surface area contributed by atoms with Crippen LogP contribution in [0, 0.1) is 17.3 Å². The van der Waals surface area contributed by atoms with Crippen LogP contribution >= 0.6 is 0 Å². The molecule has 2 heterocycles. The smallest absolute Gasteiger partial charge is 0.166 e. The molecule has 2 heteroatoms. The third-order valence-corrected chi connectivity index (χ3v) is 5.44. The summed E-state index contributed by atoms with van der Waals surface area (Å²) in [5.41, 5.74) is 0.524. The predicted molar refractivity (Wildman–Crippen MR) is 67.7 cm³/mol. The fourth-order valence-corrected chi connectivity index (χ4v) is 4.11. The molecule has 0 unspecified atom stereocenters. The van der Waals surface area contributed by atoms with Gasteiger partial charge in [-0.15, -0.1) is 0 Å². The van der Waals surface area contributed by atoms with Crippen LogP contribution in [0.3, 0.4) is 0 Å². The molecule has 0 aromatic carbocycles. The first-order chi connectivity index (χ1) is 7.83. The van der Waals surface area contributed by atoms with Gasteiger partial charge in [-0.05, 0) is 49.9 Å². The molecule has 2 saturated heterocycles. The van der Waals surface area contributed by atoms with Crippen LogP contribution in [0.15, 0.2) is 0 Å². The van der Waals surface area contributed by atoms with Gasteiger partial charge in [-0.25, -0.2) is 0 Å². The fourth-order valence-electron chi connectivity index (χ4n) is 4.11. The van der Waals surface area contributed by atoms with Crippen molar-refractivity contribution < 1.29 is 9.47 Å². The maximum absolute atomic E-state index is 6.32. The quantitative estimate of drug-likeness (QED) is 0.640. The summed E-state index contributed by atoms with van der Waals surface area (Å²) in [6.07, 6.45) is 6.22. The van der Waals surface area contributed by atoms with E-state index in [1.54, 1.807) is 0 Å². The highest BCUT2D eigenvalue weighted by Gasteiger charge is 2.58. The highest BCUT2D eigenvalue weighted by atomic mass is 16.8. The van der Waals surface area contributed by atoms with Crippen LogP contribution in [-0.4, -0.2) is 18.0 Å². The Morgan fingerprint density at radius 2 is 1.88 bits per heavy atom. The minimum Gasteiger partial charge on any atom is -0.347 e. The van der Waals surface area contributed by atoms with E-state index in [9.17, 15) is 0 Å². The van der Waals surface area contributed by atoms with Crippen molar-refractivity contribution in [1.29, 1.82) is 0 Å². The van der Waals surface area contributed by atoms with Gasteiger partial charge in [-0.1, -0.05) is 20.8 Å². The molecule has 0 aromatic rings. The highest BCUT2D eigenvalue weighted by Crippen LogP contribution is 2.55. The standard InChI is InChI=1S/C15H26O2/c1-13(2,3)11-6-8-15-10-16-14(4,17-15)7-5-12(15)9-11/h11-12H,5-10H2,1-4H3/t11-,12-,14-,15-/m1/s1. The molecule has 3 fully saturated rings. The molecule has 1 saturated carbocycles. The van der Waals surface area contributed by atoms with Crippen molar-refractivity contribution in [2.24, 2.45) is 17.3 Å². The van der Waals surface area contributed by atoms with Gasteiger partial charge in [0.1, 0.15) is 0 Å². The lowest BCUT2D eigenvalue weighted by Gasteiger charge is -2.49. The third-order valence-electron chi connectivity index (χ3n) is 5.44. The second kappa shape index (κ2) is 3.48. The maximum Gasteiger partial charge on any atom is 0.166 e. The number of hydrogen-bond donors (Lipinski definition) is 0. The van der Waals surface area contributed by atoms with E-state index in [4.69, 9.17) is 9.47 Å². The first-order valence-electron chi connectivity index (χ1n) is 7.17. The lowest BCUT2D eigenvalue weighted by atomic mass is 9.62. The zero-order valence-electron chi connectivity index (χ0n) is 11.7. The number of fused-ring (bicyclic) bond motifs is 1. The van der Waals surface area contributed by atoms with Crippen LogP contribution in [-0.2, 0) is 9.47 Å². The van der Waals surface area contributed by atoms with Gasteiger partial charge < -0.3 is 9.47 Å². The Balaban J connectivity index is 1.78. The van der Waals surface area contributed by atoms with Crippen molar-refractivity contribution in [2.45, 2.75) is 71.2 Å². The van der Waals surface area contributed by atoms with Crippen LogP contribution in [0.25, 0.3) is 0 Å². The highest BCUT2D eigenvalue weighted by molar-refractivity contribution is 5.03. The Hall–Kier alpha value is -0.0800. The van der Waals surface area contributed by atoms with Crippen LogP contribution in [0.5, 0.6) is 0 Å². The summed E-state index contributed by atoms with van der Waals surface area (Å²) in [5.74, 6) is 1.33. The maximum atomic E-state index is 6.32. The molecule has 98 valence electrons. The minimum atomic E-state index is -0.259. The Labute approximate surface area is 105 Å². The summed E-state index contributed by atoms with van der Waals surface area (Å²) >= 11 is 0. The summed E-state index contributed by atoms with van der Waals surface area (Å²) < 4.78 is 12.2. The lowest BCUT2D eigenvalue weighted by Crippen LogP contribution is -2.51. The van der Waals surface area contributed by atoms with Crippen molar-refractivity contribution in [3.8, 4) is 0 Å². The largest absolute Gasteiger partial charge is 0.347 e. The van der Waals surface area contributed by atoms with Crippen LogP contribution in [0.4, 0.5) is 0 Å². The SMILES string of the molecule is CC(C)(C)[C@@H]1CC[C@@]23CO[C@@](C)(CC[C@@H]2C1)O3. The molecular weight excluding hydrogens is 212 g/mol. The second-order valence-corrected chi connectivity index (χ2v) is 7.66. The van der Waals surface area contributed by atoms with Gasteiger partial charge >= 0.3 is 0 Å². The summed E-state index contributed by atoms with van der Waals surface area (Å²) in [6, 6.07) is 0. The minimum absolute atomic E-state index is 0.0781. The van der Waals surface area contributed by atoms with E-state index in [1.807, 2.05) is 0 Å². The zero-order chi connectivity index (χ0) is 12.3. The van der Waals surface area contributed by atoms with Gasteiger partial charge in [0.15, 0.2) is 5.79 Å². The van der Waals surface area contributed by atoms with E-state index in [2.05, 4.69) is 27.7 Å². The van der Waals surface area contributed by atoms with E-state index in [0.717, 1.165) is 24.9 Å². The van der Waals surface area contributed by atoms with Crippen molar-refractivity contribution in [3.05, 3.63) is 0 Å².